The van der Waals surface area contributed by atoms with Crippen LogP contribution >= 0.6 is 15.9 Å². The lowest BCUT2D eigenvalue weighted by atomic mass is 10.1. The monoisotopic (exact) mass is 487 g/mol. The first-order valence-electron chi connectivity index (χ1n) is 9.85. The highest BCUT2D eigenvalue weighted by Crippen LogP contribution is 2.35. The van der Waals surface area contributed by atoms with E-state index in [0.29, 0.717) is 35.8 Å². The number of carbonyl (C=O) groups is 2. The Bertz CT molecular complexity index is 1180. The third-order valence-corrected chi connectivity index (χ3v) is 5.94. The normalized spacial score (nSPS) is 14.7. The zero-order chi connectivity index (χ0) is 22.0. The summed E-state index contributed by atoms with van der Waals surface area (Å²) in [5.41, 5.74) is 1.52. The molecule has 0 saturated heterocycles. The second-order valence-corrected chi connectivity index (χ2v) is 8.44. The fourth-order valence-electron chi connectivity index (χ4n) is 3.44. The van der Waals surface area contributed by atoms with Crippen LogP contribution in [0.1, 0.15) is 24.0 Å². The number of carbonyl (C=O) groups excluding carboxylic acids is 2. The lowest BCUT2D eigenvalue weighted by Gasteiger charge is -2.16. The van der Waals surface area contributed by atoms with Crippen LogP contribution in [0.25, 0.3) is 17.0 Å². The Hall–Kier alpha value is -3.00. The lowest BCUT2D eigenvalue weighted by Crippen LogP contribution is -2.49. The summed E-state index contributed by atoms with van der Waals surface area (Å²) in [5, 5.41) is 6.42. The summed E-state index contributed by atoms with van der Waals surface area (Å²) in [6.07, 6.45) is 6.37. The number of amides is 2. The van der Waals surface area contributed by atoms with Gasteiger partial charge in [-0.05, 0) is 82.7 Å². The van der Waals surface area contributed by atoms with Gasteiger partial charge in [-0.2, -0.15) is 0 Å². The molecule has 1 saturated carbocycles. The first kappa shape index (κ1) is 21.2. The molecule has 0 atom stereocenters. The van der Waals surface area contributed by atoms with Gasteiger partial charge in [0, 0.05) is 29.7 Å². The Kier molecular flexibility index (Phi) is 5.91. The Balaban J connectivity index is 1.30. The molecule has 160 valence electrons. The van der Waals surface area contributed by atoms with Gasteiger partial charge in [-0.3, -0.25) is 9.59 Å². The van der Waals surface area contributed by atoms with E-state index in [1.165, 1.54) is 24.3 Å². The van der Waals surface area contributed by atoms with E-state index in [0.717, 1.165) is 16.5 Å². The molecule has 2 aromatic carbocycles. The zero-order valence-electron chi connectivity index (χ0n) is 16.5. The fraction of sp³-hybridized carbons (Fsp3) is 0.217. The van der Waals surface area contributed by atoms with E-state index < -0.39 is 5.54 Å². The highest BCUT2D eigenvalue weighted by atomic mass is 79.9. The number of H-pyrrole nitrogens is 1. The molecule has 2 amide bonds. The number of fused-ring (bicyclic) bond motifs is 1. The van der Waals surface area contributed by atoms with Gasteiger partial charge in [0.05, 0.1) is 4.47 Å². The van der Waals surface area contributed by atoms with E-state index in [1.807, 2.05) is 6.20 Å². The maximum Gasteiger partial charge on any atom is 0.245 e. The van der Waals surface area contributed by atoms with E-state index in [1.54, 1.807) is 24.3 Å². The largest absolute Gasteiger partial charge is 0.361 e. The second-order valence-electron chi connectivity index (χ2n) is 7.59. The van der Waals surface area contributed by atoms with Crippen LogP contribution in [-0.4, -0.2) is 28.9 Å². The van der Waals surface area contributed by atoms with Crippen molar-refractivity contribution in [2.75, 3.05) is 6.54 Å². The second kappa shape index (κ2) is 8.63. The summed E-state index contributed by atoms with van der Waals surface area (Å²) in [6.45, 7) is 0.374. The molecule has 1 aliphatic rings. The van der Waals surface area contributed by atoms with Gasteiger partial charge < -0.3 is 15.6 Å². The molecule has 4 rings (SSSR count). The maximum absolute atomic E-state index is 13.5. The molecule has 3 aromatic rings. The molecule has 0 spiro atoms. The van der Waals surface area contributed by atoms with Crippen molar-refractivity contribution < 1.29 is 18.4 Å². The summed E-state index contributed by atoms with van der Waals surface area (Å²) < 4.78 is 27.1. The van der Waals surface area contributed by atoms with Gasteiger partial charge >= 0.3 is 0 Å². The number of benzene rings is 2. The minimum atomic E-state index is -0.892. The quantitative estimate of drug-likeness (QED) is 0.436. The van der Waals surface area contributed by atoms with Crippen LogP contribution in [0.5, 0.6) is 0 Å². The average Bonchev–Trinajstić information content (AvgIpc) is 3.42. The Morgan fingerprint density at radius 3 is 2.71 bits per heavy atom. The highest BCUT2D eigenvalue weighted by Gasteiger charge is 2.50. The first-order valence-corrected chi connectivity index (χ1v) is 10.6. The maximum atomic E-state index is 13.5. The van der Waals surface area contributed by atoms with Gasteiger partial charge in [0.2, 0.25) is 11.8 Å². The average molecular weight is 488 g/mol. The van der Waals surface area contributed by atoms with Gasteiger partial charge in [0.1, 0.15) is 17.2 Å². The number of hydrogen-bond donors (Lipinski definition) is 3. The van der Waals surface area contributed by atoms with Crippen LogP contribution < -0.4 is 10.6 Å². The molecule has 3 N–H and O–H groups in total. The van der Waals surface area contributed by atoms with Crippen molar-refractivity contribution in [2.24, 2.45) is 0 Å². The van der Waals surface area contributed by atoms with E-state index in [2.05, 4.69) is 31.5 Å². The molecule has 31 heavy (non-hydrogen) atoms. The Morgan fingerprint density at radius 2 is 1.97 bits per heavy atom. The van der Waals surface area contributed by atoms with Crippen molar-refractivity contribution in [3.63, 3.8) is 0 Å². The molecule has 8 heteroatoms. The van der Waals surface area contributed by atoms with Crippen LogP contribution in [0.4, 0.5) is 8.78 Å². The van der Waals surface area contributed by atoms with Crippen molar-refractivity contribution >= 4 is 44.7 Å². The number of halogens is 3. The van der Waals surface area contributed by atoms with Crippen molar-refractivity contribution in [1.29, 1.82) is 0 Å². The molecule has 0 unspecified atom stereocenters. The SMILES string of the molecule is O=C(/C=C/c1ccc(F)c(Br)c1)NC1(C(=O)NCCc2c[nH]c3ccc(F)cc23)CC1. The summed E-state index contributed by atoms with van der Waals surface area (Å²) in [4.78, 5) is 28.0. The van der Waals surface area contributed by atoms with Crippen LogP contribution in [0, 0.1) is 11.6 Å². The van der Waals surface area contributed by atoms with Gasteiger partial charge in [-0.1, -0.05) is 6.07 Å². The van der Waals surface area contributed by atoms with Gasteiger partial charge in [-0.25, -0.2) is 8.78 Å². The predicted octanol–water partition coefficient (Wildman–Crippen LogP) is 4.23. The third kappa shape index (κ3) is 4.85. The van der Waals surface area contributed by atoms with E-state index in [9.17, 15) is 18.4 Å². The van der Waals surface area contributed by atoms with Gasteiger partial charge in [0.25, 0.3) is 0 Å². The van der Waals surface area contributed by atoms with Crippen molar-refractivity contribution in [1.82, 2.24) is 15.6 Å². The lowest BCUT2D eigenvalue weighted by molar-refractivity contribution is -0.128. The summed E-state index contributed by atoms with van der Waals surface area (Å²) in [6, 6.07) is 8.97. The van der Waals surface area contributed by atoms with Crippen LogP contribution in [0.15, 0.2) is 53.1 Å². The van der Waals surface area contributed by atoms with E-state index in [-0.39, 0.29) is 23.4 Å². The number of hydrogen-bond acceptors (Lipinski definition) is 2. The first-order chi connectivity index (χ1) is 14.9. The molecule has 0 bridgehead atoms. The minimum Gasteiger partial charge on any atom is -0.361 e. The van der Waals surface area contributed by atoms with E-state index >= 15 is 0 Å². The zero-order valence-corrected chi connectivity index (χ0v) is 18.1. The Labute approximate surface area is 186 Å². The summed E-state index contributed by atoms with van der Waals surface area (Å²) in [5.74, 6) is -1.31. The number of rotatable bonds is 7. The summed E-state index contributed by atoms with van der Waals surface area (Å²) >= 11 is 3.10. The standard InChI is InChI=1S/C23H20BrF2N3O2/c24-18-11-14(1-4-19(18)26)2-6-21(30)29-23(8-9-23)22(31)27-10-7-15-13-28-20-5-3-16(25)12-17(15)20/h1-6,11-13,28H,7-10H2,(H,27,31)(H,29,30)/b6-2+. The highest BCUT2D eigenvalue weighted by molar-refractivity contribution is 9.10. The molecule has 1 heterocycles. The van der Waals surface area contributed by atoms with Crippen molar-refractivity contribution in [2.45, 2.75) is 24.8 Å². The van der Waals surface area contributed by atoms with Gasteiger partial charge in [0.15, 0.2) is 0 Å². The van der Waals surface area contributed by atoms with Crippen molar-refractivity contribution in [3.8, 4) is 0 Å². The molecule has 1 fully saturated rings. The van der Waals surface area contributed by atoms with Crippen LogP contribution in [-0.2, 0) is 16.0 Å². The van der Waals surface area contributed by atoms with Gasteiger partial charge in [-0.15, -0.1) is 0 Å². The topological polar surface area (TPSA) is 74.0 Å². The number of aromatic nitrogens is 1. The smallest absolute Gasteiger partial charge is 0.245 e. The predicted molar refractivity (Wildman–Crippen MR) is 118 cm³/mol. The number of aromatic amines is 1. The number of nitrogens with one attached hydrogen (secondary N) is 3. The molecule has 0 radical (unpaired) electrons. The van der Waals surface area contributed by atoms with Crippen LogP contribution in [0.3, 0.4) is 0 Å². The van der Waals surface area contributed by atoms with Crippen molar-refractivity contribution in [3.05, 3.63) is 75.9 Å². The molecular formula is C23H20BrF2N3O2. The fourth-order valence-corrected chi connectivity index (χ4v) is 3.83. The molecule has 1 aliphatic carbocycles. The molecule has 1 aromatic heterocycles. The molecular weight excluding hydrogens is 468 g/mol. The minimum absolute atomic E-state index is 0.232. The van der Waals surface area contributed by atoms with Crippen LogP contribution in [0.2, 0.25) is 0 Å². The molecule has 0 aliphatic heterocycles. The molecule has 5 nitrogen and oxygen atoms in total. The summed E-state index contributed by atoms with van der Waals surface area (Å²) in [7, 11) is 0. The van der Waals surface area contributed by atoms with E-state index in [4.69, 9.17) is 0 Å². The third-order valence-electron chi connectivity index (χ3n) is 5.33. The Morgan fingerprint density at radius 1 is 1.16 bits per heavy atom.